The van der Waals surface area contributed by atoms with E-state index < -0.39 is 5.97 Å². The zero-order valence-corrected chi connectivity index (χ0v) is 13.6. The molecule has 124 valence electrons. The first kappa shape index (κ1) is 17.3. The molecule has 0 aliphatic carbocycles. The van der Waals surface area contributed by atoms with E-state index in [0.717, 1.165) is 11.1 Å². The van der Waals surface area contributed by atoms with Gasteiger partial charge in [0.2, 0.25) is 5.91 Å². The third-order valence-corrected chi connectivity index (χ3v) is 3.36. The standard InChI is InChI=1S/C19H19NO4/c1-23-17-10-8-15(12-16(17)19(22)24-2)13-20-18(21)11-9-14-6-4-3-5-7-14/h3-12H,13H2,1-2H3,(H,20,21). The highest BCUT2D eigenvalue weighted by Gasteiger charge is 2.13. The maximum atomic E-state index is 11.9. The Morgan fingerprint density at radius 2 is 1.83 bits per heavy atom. The molecule has 0 heterocycles. The summed E-state index contributed by atoms with van der Waals surface area (Å²) in [6.07, 6.45) is 3.21. The van der Waals surface area contributed by atoms with Gasteiger partial charge in [-0.25, -0.2) is 4.79 Å². The van der Waals surface area contributed by atoms with Crippen molar-refractivity contribution in [1.29, 1.82) is 0 Å². The van der Waals surface area contributed by atoms with Crippen LogP contribution in [0.1, 0.15) is 21.5 Å². The van der Waals surface area contributed by atoms with E-state index in [4.69, 9.17) is 9.47 Å². The molecule has 0 saturated carbocycles. The second-order valence-corrected chi connectivity index (χ2v) is 4.99. The van der Waals surface area contributed by atoms with Crippen molar-refractivity contribution < 1.29 is 19.1 Å². The summed E-state index contributed by atoms with van der Waals surface area (Å²) in [6.45, 7) is 0.298. The van der Waals surface area contributed by atoms with Crippen molar-refractivity contribution in [3.63, 3.8) is 0 Å². The average molecular weight is 325 g/mol. The Morgan fingerprint density at radius 3 is 2.50 bits per heavy atom. The number of hydrogen-bond acceptors (Lipinski definition) is 4. The fourth-order valence-electron chi connectivity index (χ4n) is 2.12. The van der Waals surface area contributed by atoms with Gasteiger partial charge in [-0.1, -0.05) is 36.4 Å². The number of carbonyl (C=O) groups excluding carboxylic acids is 2. The lowest BCUT2D eigenvalue weighted by atomic mass is 10.1. The predicted molar refractivity (Wildman–Crippen MR) is 91.7 cm³/mol. The number of amides is 1. The lowest BCUT2D eigenvalue weighted by Crippen LogP contribution is -2.20. The van der Waals surface area contributed by atoms with Crippen molar-refractivity contribution in [1.82, 2.24) is 5.32 Å². The Bertz CT molecular complexity index is 738. The highest BCUT2D eigenvalue weighted by Crippen LogP contribution is 2.20. The summed E-state index contributed by atoms with van der Waals surface area (Å²) < 4.78 is 9.87. The number of benzene rings is 2. The highest BCUT2D eigenvalue weighted by atomic mass is 16.5. The van der Waals surface area contributed by atoms with E-state index >= 15 is 0 Å². The van der Waals surface area contributed by atoms with E-state index in [1.165, 1.54) is 20.3 Å². The van der Waals surface area contributed by atoms with E-state index in [9.17, 15) is 9.59 Å². The summed E-state index contributed by atoms with van der Waals surface area (Å²) in [4.78, 5) is 23.6. The van der Waals surface area contributed by atoms with Gasteiger partial charge in [0.05, 0.1) is 14.2 Å². The van der Waals surface area contributed by atoms with E-state index in [-0.39, 0.29) is 5.91 Å². The second kappa shape index (κ2) is 8.53. The molecule has 0 bridgehead atoms. The number of methoxy groups -OCH3 is 2. The molecule has 0 spiro atoms. The van der Waals surface area contributed by atoms with Gasteiger partial charge in [0.1, 0.15) is 11.3 Å². The number of rotatable bonds is 6. The molecule has 0 aliphatic rings. The molecular weight excluding hydrogens is 306 g/mol. The topological polar surface area (TPSA) is 64.6 Å². The van der Waals surface area contributed by atoms with Gasteiger partial charge in [0.25, 0.3) is 0 Å². The molecular formula is C19H19NO4. The Labute approximate surface area is 140 Å². The van der Waals surface area contributed by atoms with Gasteiger partial charge < -0.3 is 14.8 Å². The van der Waals surface area contributed by atoms with Gasteiger partial charge in [-0.15, -0.1) is 0 Å². The smallest absolute Gasteiger partial charge is 0.341 e. The van der Waals surface area contributed by atoms with Crippen LogP contribution in [0, 0.1) is 0 Å². The van der Waals surface area contributed by atoms with Crippen LogP contribution in [-0.2, 0) is 16.1 Å². The zero-order chi connectivity index (χ0) is 17.4. The molecule has 5 nitrogen and oxygen atoms in total. The molecule has 0 atom stereocenters. The molecule has 2 aromatic carbocycles. The van der Waals surface area contributed by atoms with Gasteiger partial charge in [-0.2, -0.15) is 0 Å². The van der Waals surface area contributed by atoms with Gasteiger partial charge in [-0.05, 0) is 29.3 Å². The summed E-state index contributed by atoms with van der Waals surface area (Å²) in [7, 11) is 2.79. The Morgan fingerprint density at radius 1 is 1.08 bits per heavy atom. The Kier molecular flexibility index (Phi) is 6.14. The van der Waals surface area contributed by atoms with Crippen LogP contribution in [0.4, 0.5) is 0 Å². The van der Waals surface area contributed by atoms with Crippen molar-refractivity contribution in [3.8, 4) is 5.75 Å². The van der Waals surface area contributed by atoms with Crippen LogP contribution < -0.4 is 10.1 Å². The molecule has 2 aromatic rings. The van der Waals surface area contributed by atoms with Crippen LogP contribution in [0.15, 0.2) is 54.6 Å². The normalized spacial score (nSPS) is 10.4. The van der Waals surface area contributed by atoms with Crippen molar-refractivity contribution in [3.05, 3.63) is 71.3 Å². The summed E-state index contributed by atoms with van der Waals surface area (Å²) in [5.41, 5.74) is 2.05. The SMILES string of the molecule is COC(=O)c1cc(CNC(=O)C=Cc2ccccc2)ccc1OC. The molecule has 0 radical (unpaired) electrons. The lowest BCUT2D eigenvalue weighted by Gasteiger charge is -2.09. The fraction of sp³-hybridized carbons (Fsp3) is 0.158. The third kappa shape index (κ3) is 4.71. The van der Waals surface area contributed by atoms with Gasteiger partial charge in [0.15, 0.2) is 0 Å². The molecule has 1 amide bonds. The molecule has 0 saturated heterocycles. The molecule has 24 heavy (non-hydrogen) atoms. The van der Waals surface area contributed by atoms with Crippen LogP contribution in [0.5, 0.6) is 5.75 Å². The van der Waals surface area contributed by atoms with Crippen molar-refractivity contribution in [2.75, 3.05) is 14.2 Å². The molecule has 0 aliphatic heterocycles. The second-order valence-electron chi connectivity index (χ2n) is 4.99. The first-order valence-electron chi connectivity index (χ1n) is 7.40. The zero-order valence-electron chi connectivity index (χ0n) is 13.6. The number of carbonyl (C=O) groups is 2. The first-order chi connectivity index (χ1) is 11.6. The van der Waals surface area contributed by atoms with E-state index in [1.807, 2.05) is 30.3 Å². The average Bonchev–Trinajstić information content (AvgIpc) is 2.64. The molecule has 0 fully saturated rings. The van der Waals surface area contributed by atoms with Crippen molar-refractivity contribution >= 4 is 18.0 Å². The minimum Gasteiger partial charge on any atom is -0.496 e. The van der Waals surface area contributed by atoms with Crippen LogP contribution >= 0.6 is 0 Å². The van der Waals surface area contributed by atoms with Crippen LogP contribution in [0.3, 0.4) is 0 Å². The predicted octanol–water partition coefficient (Wildman–Crippen LogP) is 2.81. The summed E-state index contributed by atoms with van der Waals surface area (Å²) >= 11 is 0. The quantitative estimate of drug-likeness (QED) is 0.655. The van der Waals surface area contributed by atoms with Crippen LogP contribution in [0.2, 0.25) is 0 Å². The fourth-order valence-corrected chi connectivity index (χ4v) is 2.12. The van der Waals surface area contributed by atoms with Crippen LogP contribution in [0.25, 0.3) is 6.08 Å². The number of nitrogens with one attached hydrogen (secondary N) is 1. The van der Waals surface area contributed by atoms with Crippen LogP contribution in [-0.4, -0.2) is 26.1 Å². The first-order valence-corrected chi connectivity index (χ1v) is 7.40. The van der Waals surface area contributed by atoms with Crippen molar-refractivity contribution in [2.45, 2.75) is 6.54 Å². The highest BCUT2D eigenvalue weighted by molar-refractivity contribution is 5.93. The largest absolute Gasteiger partial charge is 0.496 e. The van der Waals surface area contributed by atoms with E-state index in [1.54, 1.807) is 24.3 Å². The maximum Gasteiger partial charge on any atom is 0.341 e. The Balaban J connectivity index is 2.00. The third-order valence-electron chi connectivity index (χ3n) is 3.36. The van der Waals surface area contributed by atoms with Crippen molar-refractivity contribution in [2.24, 2.45) is 0 Å². The maximum absolute atomic E-state index is 11.9. The van der Waals surface area contributed by atoms with E-state index in [0.29, 0.717) is 17.9 Å². The summed E-state index contributed by atoms with van der Waals surface area (Å²) in [5, 5.41) is 2.77. The number of hydrogen-bond donors (Lipinski definition) is 1. The molecule has 0 unspecified atom stereocenters. The van der Waals surface area contributed by atoms with Gasteiger partial charge >= 0.3 is 5.97 Å². The summed E-state index contributed by atoms with van der Waals surface area (Å²) in [6, 6.07) is 14.7. The molecule has 0 aromatic heterocycles. The monoisotopic (exact) mass is 325 g/mol. The number of ether oxygens (including phenoxy) is 2. The minimum atomic E-state index is -0.482. The molecule has 5 heteroatoms. The lowest BCUT2D eigenvalue weighted by molar-refractivity contribution is -0.116. The van der Waals surface area contributed by atoms with Gasteiger partial charge in [0, 0.05) is 12.6 Å². The molecule has 1 N–H and O–H groups in total. The molecule has 2 rings (SSSR count). The summed E-state index contributed by atoms with van der Waals surface area (Å²) in [5.74, 6) is -0.265. The van der Waals surface area contributed by atoms with Gasteiger partial charge in [-0.3, -0.25) is 4.79 Å². The van der Waals surface area contributed by atoms with E-state index in [2.05, 4.69) is 5.32 Å². The Hall–Kier alpha value is -3.08. The minimum absolute atomic E-state index is 0.214. The number of esters is 1.